The Morgan fingerprint density at radius 3 is 2.56 bits per heavy atom. The number of carbonyl (C=O) groups is 1. The first-order valence-corrected chi connectivity index (χ1v) is 8.67. The number of rotatable bonds is 5. The number of methoxy groups -OCH3 is 1. The second-order valence-electron chi connectivity index (χ2n) is 6.17. The molecular formula is C21H21N3O3. The highest BCUT2D eigenvalue weighted by Crippen LogP contribution is 2.21. The van der Waals surface area contributed by atoms with Crippen LogP contribution in [-0.2, 0) is 6.42 Å². The van der Waals surface area contributed by atoms with Crippen molar-refractivity contribution in [2.75, 3.05) is 12.4 Å². The van der Waals surface area contributed by atoms with E-state index in [1.165, 1.54) is 0 Å². The molecule has 0 bridgehead atoms. The summed E-state index contributed by atoms with van der Waals surface area (Å²) >= 11 is 0. The highest BCUT2D eigenvalue weighted by Gasteiger charge is 2.12. The van der Waals surface area contributed by atoms with Gasteiger partial charge in [-0.2, -0.15) is 4.98 Å². The molecule has 27 heavy (non-hydrogen) atoms. The monoisotopic (exact) mass is 363 g/mol. The van der Waals surface area contributed by atoms with Crippen LogP contribution in [0.25, 0.3) is 11.3 Å². The van der Waals surface area contributed by atoms with Crippen molar-refractivity contribution < 1.29 is 9.53 Å². The van der Waals surface area contributed by atoms with E-state index in [-0.39, 0.29) is 11.6 Å². The Labute approximate surface area is 157 Å². The number of aromatic amines is 1. The van der Waals surface area contributed by atoms with Crippen molar-refractivity contribution in [2.24, 2.45) is 0 Å². The average molecular weight is 363 g/mol. The Balaban J connectivity index is 1.91. The summed E-state index contributed by atoms with van der Waals surface area (Å²) in [6, 6.07) is 14.6. The molecule has 3 rings (SSSR count). The third-order valence-corrected chi connectivity index (χ3v) is 4.33. The Morgan fingerprint density at radius 1 is 1.15 bits per heavy atom. The van der Waals surface area contributed by atoms with E-state index in [1.807, 2.05) is 25.1 Å². The van der Waals surface area contributed by atoms with Crippen LogP contribution in [0.3, 0.4) is 0 Å². The van der Waals surface area contributed by atoms with Gasteiger partial charge in [0.1, 0.15) is 11.4 Å². The lowest BCUT2D eigenvalue weighted by atomic mass is 10.1. The van der Waals surface area contributed by atoms with Crippen molar-refractivity contribution in [3.8, 4) is 17.0 Å². The third-order valence-electron chi connectivity index (χ3n) is 4.33. The largest absolute Gasteiger partial charge is 0.497 e. The first kappa shape index (κ1) is 18.4. The molecule has 2 N–H and O–H groups in total. The summed E-state index contributed by atoms with van der Waals surface area (Å²) in [6.45, 7) is 3.98. The molecule has 0 aliphatic heterocycles. The summed E-state index contributed by atoms with van der Waals surface area (Å²) < 4.78 is 5.13. The molecule has 0 spiro atoms. The number of carbonyl (C=O) groups excluding carboxylic acids is 1. The Bertz CT molecular complexity index is 1020. The second kappa shape index (κ2) is 7.86. The van der Waals surface area contributed by atoms with E-state index in [1.54, 1.807) is 37.4 Å². The third kappa shape index (κ3) is 4.23. The fourth-order valence-electron chi connectivity index (χ4n) is 2.70. The van der Waals surface area contributed by atoms with Gasteiger partial charge in [0, 0.05) is 11.3 Å². The maximum absolute atomic E-state index is 12.7. The molecule has 3 aromatic rings. The van der Waals surface area contributed by atoms with Gasteiger partial charge in [-0.05, 0) is 60.9 Å². The summed E-state index contributed by atoms with van der Waals surface area (Å²) in [6.07, 6.45) is 0.872. The number of anilines is 1. The Hall–Kier alpha value is -3.41. The van der Waals surface area contributed by atoms with Crippen LogP contribution in [-0.4, -0.2) is 23.0 Å². The minimum atomic E-state index is -0.576. The van der Waals surface area contributed by atoms with Gasteiger partial charge >= 0.3 is 5.69 Å². The molecule has 1 amide bonds. The zero-order chi connectivity index (χ0) is 19.4. The van der Waals surface area contributed by atoms with Gasteiger partial charge in [-0.25, -0.2) is 4.79 Å². The van der Waals surface area contributed by atoms with Crippen LogP contribution >= 0.6 is 0 Å². The van der Waals surface area contributed by atoms with E-state index in [4.69, 9.17) is 4.74 Å². The van der Waals surface area contributed by atoms with E-state index in [0.29, 0.717) is 11.4 Å². The van der Waals surface area contributed by atoms with Crippen LogP contribution in [0.15, 0.2) is 53.3 Å². The molecule has 6 nitrogen and oxygen atoms in total. The molecule has 1 aromatic heterocycles. The number of aryl methyl sites for hydroxylation is 2. The van der Waals surface area contributed by atoms with Gasteiger partial charge in [-0.1, -0.05) is 19.1 Å². The molecule has 0 aliphatic rings. The average Bonchev–Trinajstić information content (AvgIpc) is 2.69. The van der Waals surface area contributed by atoms with Gasteiger partial charge < -0.3 is 15.0 Å². The number of ether oxygens (including phenoxy) is 1. The molecule has 6 heteroatoms. The lowest BCUT2D eigenvalue weighted by Gasteiger charge is -2.10. The highest BCUT2D eigenvalue weighted by atomic mass is 16.5. The molecule has 0 aliphatic carbocycles. The summed E-state index contributed by atoms with van der Waals surface area (Å²) in [5.41, 5.74) is 3.52. The van der Waals surface area contributed by atoms with E-state index >= 15 is 0 Å². The highest BCUT2D eigenvalue weighted by molar-refractivity contribution is 6.03. The van der Waals surface area contributed by atoms with Gasteiger partial charge in [0.05, 0.1) is 12.8 Å². The first-order valence-electron chi connectivity index (χ1n) is 8.67. The number of hydrogen-bond donors (Lipinski definition) is 2. The summed E-state index contributed by atoms with van der Waals surface area (Å²) in [4.78, 5) is 31.1. The molecule has 1 heterocycles. The Kier molecular flexibility index (Phi) is 5.35. The van der Waals surface area contributed by atoms with E-state index in [9.17, 15) is 9.59 Å². The minimum Gasteiger partial charge on any atom is -0.497 e. The SMILES string of the molecule is CCc1ccc(C)c(NC(=O)c2cc(-c3ccc(OC)cc3)nc(=O)[nH]2)c1. The molecule has 0 fully saturated rings. The fraction of sp³-hybridized carbons (Fsp3) is 0.190. The van der Waals surface area contributed by atoms with Gasteiger partial charge in [-0.3, -0.25) is 4.79 Å². The standard InChI is InChI=1S/C21H21N3O3/c1-4-14-6-5-13(2)17(11-14)22-20(25)19-12-18(23-21(26)24-19)15-7-9-16(27-3)10-8-15/h5-12H,4H2,1-3H3,(H,22,25)(H,23,24,26). The molecule has 0 unspecified atom stereocenters. The zero-order valence-electron chi connectivity index (χ0n) is 15.5. The summed E-state index contributed by atoms with van der Waals surface area (Å²) in [7, 11) is 1.58. The predicted octanol–water partition coefficient (Wildman–Crippen LogP) is 3.57. The molecule has 0 radical (unpaired) electrons. The number of aromatic nitrogens is 2. The number of hydrogen-bond acceptors (Lipinski definition) is 4. The van der Waals surface area contributed by atoms with E-state index in [2.05, 4.69) is 22.2 Å². The molecule has 138 valence electrons. The predicted molar refractivity (Wildman–Crippen MR) is 105 cm³/mol. The topological polar surface area (TPSA) is 84.1 Å². The summed E-state index contributed by atoms with van der Waals surface area (Å²) in [5.74, 6) is 0.313. The number of benzene rings is 2. The van der Waals surface area contributed by atoms with Crippen LogP contribution in [0.1, 0.15) is 28.5 Å². The molecule has 0 saturated carbocycles. The minimum absolute atomic E-state index is 0.155. The van der Waals surface area contributed by atoms with Crippen LogP contribution in [0, 0.1) is 6.92 Å². The van der Waals surface area contributed by atoms with Gasteiger partial charge in [0.15, 0.2) is 0 Å². The van der Waals surface area contributed by atoms with Crippen LogP contribution in [0.5, 0.6) is 5.75 Å². The van der Waals surface area contributed by atoms with Gasteiger partial charge in [0.2, 0.25) is 0 Å². The van der Waals surface area contributed by atoms with Crippen molar-refractivity contribution in [2.45, 2.75) is 20.3 Å². The van der Waals surface area contributed by atoms with E-state index < -0.39 is 5.69 Å². The van der Waals surface area contributed by atoms with Crippen LogP contribution in [0.4, 0.5) is 5.69 Å². The summed E-state index contributed by atoms with van der Waals surface area (Å²) in [5, 5.41) is 2.87. The molecular weight excluding hydrogens is 342 g/mol. The smallest absolute Gasteiger partial charge is 0.346 e. The van der Waals surface area contributed by atoms with Gasteiger partial charge in [-0.15, -0.1) is 0 Å². The van der Waals surface area contributed by atoms with Gasteiger partial charge in [0.25, 0.3) is 5.91 Å². The van der Waals surface area contributed by atoms with Crippen LogP contribution < -0.4 is 15.7 Å². The zero-order valence-corrected chi connectivity index (χ0v) is 15.5. The number of amides is 1. The van der Waals surface area contributed by atoms with Crippen molar-refractivity contribution in [1.29, 1.82) is 0 Å². The van der Waals surface area contributed by atoms with Crippen LogP contribution in [0.2, 0.25) is 0 Å². The molecule has 0 saturated heterocycles. The number of nitrogens with zero attached hydrogens (tertiary/aromatic N) is 1. The fourth-order valence-corrected chi connectivity index (χ4v) is 2.70. The first-order chi connectivity index (χ1) is 13.0. The lowest BCUT2D eigenvalue weighted by Crippen LogP contribution is -2.21. The van der Waals surface area contributed by atoms with E-state index in [0.717, 1.165) is 28.8 Å². The number of H-pyrrole nitrogens is 1. The Morgan fingerprint density at radius 2 is 1.89 bits per heavy atom. The molecule has 2 aromatic carbocycles. The normalized spacial score (nSPS) is 10.5. The maximum atomic E-state index is 12.7. The quantitative estimate of drug-likeness (QED) is 0.726. The van der Waals surface area contributed by atoms with Crippen molar-refractivity contribution >= 4 is 11.6 Å². The second-order valence-corrected chi connectivity index (χ2v) is 6.17. The molecule has 0 atom stereocenters. The van der Waals surface area contributed by atoms with Crippen molar-refractivity contribution in [3.63, 3.8) is 0 Å². The maximum Gasteiger partial charge on any atom is 0.346 e. The number of nitrogens with one attached hydrogen (secondary N) is 2. The van der Waals surface area contributed by atoms with Crippen molar-refractivity contribution in [1.82, 2.24) is 9.97 Å². The van der Waals surface area contributed by atoms with Crippen molar-refractivity contribution in [3.05, 3.63) is 75.8 Å². The lowest BCUT2D eigenvalue weighted by molar-refractivity contribution is 0.102.